The molecule has 17 heavy (non-hydrogen) atoms. The maximum Gasteiger partial charge on any atom is 0.170 e. The van der Waals surface area contributed by atoms with E-state index < -0.39 is 5.82 Å². The standard InChI is InChI=1S/C12H6ClFN2O/c13-11-5-9(15-6-16-11)10-4-7-2-1-3-8(14)12(7)17-10/h1-6H. The highest BCUT2D eigenvalue weighted by molar-refractivity contribution is 6.29. The van der Waals surface area contributed by atoms with E-state index in [1.54, 1.807) is 24.3 Å². The molecule has 0 bridgehead atoms. The van der Waals surface area contributed by atoms with Gasteiger partial charge in [-0.1, -0.05) is 23.7 Å². The lowest BCUT2D eigenvalue weighted by Gasteiger charge is -1.94. The van der Waals surface area contributed by atoms with Crippen molar-refractivity contribution in [2.45, 2.75) is 0 Å². The second kappa shape index (κ2) is 3.82. The molecule has 0 spiro atoms. The molecule has 0 aliphatic heterocycles. The summed E-state index contributed by atoms with van der Waals surface area (Å²) in [6.07, 6.45) is 1.33. The van der Waals surface area contributed by atoms with E-state index in [0.29, 0.717) is 22.0 Å². The molecule has 0 amide bonds. The molecule has 0 aliphatic carbocycles. The topological polar surface area (TPSA) is 38.9 Å². The Morgan fingerprint density at radius 2 is 2.06 bits per heavy atom. The van der Waals surface area contributed by atoms with E-state index in [2.05, 4.69) is 9.97 Å². The molecule has 0 aliphatic rings. The number of halogens is 2. The largest absolute Gasteiger partial charge is 0.451 e. The smallest absolute Gasteiger partial charge is 0.170 e. The van der Waals surface area contributed by atoms with E-state index in [1.165, 1.54) is 12.4 Å². The normalized spacial score (nSPS) is 10.9. The number of furan rings is 1. The average molecular weight is 249 g/mol. The minimum absolute atomic E-state index is 0.220. The number of nitrogens with zero attached hydrogens (tertiary/aromatic N) is 2. The van der Waals surface area contributed by atoms with Gasteiger partial charge in [0.25, 0.3) is 0 Å². The van der Waals surface area contributed by atoms with E-state index in [-0.39, 0.29) is 5.58 Å². The van der Waals surface area contributed by atoms with Gasteiger partial charge >= 0.3 is 0 Å². The molecule has 0 atom stereocenters. The Bertz CT molecular complexity index is 696. The molecule has 0 saturated carbocycles. The Morgan fingerprint density at radius 3 is 2.82 bits per heavy atom. The Kier molecular flexibility index (Phi) is 2.30. The summed E-state index contributed by atoms with van der Waals surface area (Å²) in [5.74, 6) is 0.0725. The molecular weight excluding hydrogens is 243 g/mol. The van der Waals surface area contributed by atoms with Crippen molar-refractivity contribution < 1.29 is 8.81 Å². The summed E-state index contributed by atoms with van der Waals surface area (Å²) < 4.78 is 18.9. The van der Waals surface area contributed by atoms with Crippen molar-refractivity contribution in [3.05, 3.63) is 47.6 Å². The second-order valence-electron chi connectivity index (χ2n) is 3.49. The molecule has 2 aromatic heterocycles. The fraction of sp³-hybridized carbons (Fsp3) is 0. The van der Waals surface area contributed by atoms with Gasteiger partial charge < -0.3 is 4.42 Å². The molecule has 0 saturated heterocycles. The minimum Gasteiger partial charge on any atom is -0.451 e. The molecule has 0 unspecified atom stereocenters. The van der Waals surface area contributed by atoms with Crippen LogP contribution in [0.3, 0.4) is 0 Å². The second-order valence-corrected chi connectivity index (χ2v) is 3.88. The van der Waals surface area contributed by atoms with Crippen molar-refractivity contribution in [3.63, 3.8) is 0 Å². The van der Waals surface area contributed by atoms with Crippen molar-refractivity contribution in [1.29, 1.82) is 0 Å². The van der Waals surface area contributed by atoms with Gasteiger partial charge in [0.2, 0.25) is 0 Å². The molecular formula is C12H6ClFN2O. The highest BCUT2D eigenvalue weighted by Crippen LogP contribution is 2.28. The van der Waals surface area contributed by atoms with Crippen LogP contribution < -0.4 is 0 Å². The first-order valence-electron chi connectivity index (χ1n) is 4.90. The van der Waals surface area contributed by atoms with E-state index in [0.717, 1.165) is 0 Å². The highest BCUT2D eigenvalue weighted by atomic mass is 35.5. The van der Waals surface area contributed by atoms with Crippen LogP contribution in [-0.4, -0.2) is 9.97 Å². The van der Waals surface area contributed by atoms with Gasteiger partial charge in [0, 0.05) is 11.5 Å². The van der Waals surface area contributed by atoms with E-state index in [9.17, 15) is 4.39 Å². The number of para-hydroxylation sites is 1. The predicted molar refractivity (Wildman–Crippen MR) is 62.2 cm³/mol. The Balaban J connectivity index is 2.22. The molecule has 2 heterocycles. The van der Waals surface area contributed by atoms with Crippen molar-refractivity contribution in [2.24, 2.45) is 0 Å². The summed E-state index contributed by atoms with van der Waals surface area (Å²) in [6, 6.07) is 8.04. The third kappa shape index (κ3) is 1.76. The third-order valence-electron chi connectivity index (χ3n) is 2.38. The molecule has 0 radical (unpaired) electrons. The van der Waals surface area contributed by atoms with Crippen LogP contribution in [0.4, 0.5) is 4.39 Å². The van der Waals surface area contributed by atoms with Gasteiger partial charge in [-0.2, -0.15) is 0 Å². The van der Waals surface area contributed by atoms with Crippen LogP contribution in [0.2, 0.25) is 5.15 Å². The van der Waals surface area contributed by atoms with Crippen LogP contribution in [0.5, 0.6) is 0 Å². The van der Waals surface area contributed by atoms with Gasteiger partial charge in [0.15, 0.2) is 17.2 Å². The monoisotopic (exact) mass is 248 g/mol. The van der Waals surface area contributed by atoms with Gasteiger partial charge in [-0.25, -0.2) is 14.4 Å². The lowest BCUT2D eigenvalue weighted by Crippen LogP contribution is -1.82. The summed E-state index contributed by atoms with van der Waals surface area (Å²) in [5.41, 5.74) is 0.748. The third-order valence-corrected chi connectivity index (χ3v) is 2.59. The predicted octanol–water partition coefficient (Wildman–Crippen LogP) is 3.68. The van der Waals surface area contributed by atoms with Gasteiger partial charge in [-0.3, -0.25) is 0 Å². The minimum atomic E-state index is -0.395. The van der Waals surface area contributed by atoms with Crippen LogP contribution in [0.25, 0.3) is 22.4 Å². The maximum absolute atomic E-state index is 13.4. The van der Waals surface area contributed by atoms with Crippen LogP contribution in [0.1, 0.15) is 0 Å². The summed E-state index contributed by atoms with van der Waals surface area (Å²) in [4.78, 5) is 7.80. The van der Waals surface area contributed by atoms with E-state index in [1.807, 2.05) is 0 Å². The zero-order chi connectivity index (χ0) is 11.8. The Labute approximate surface area is 101 Å². The maximum atomic E-state index is 13.4. The first kappa shape index (κ1) is 10.2. The van der Waals surface area contributed by atoms with Crippen molar-refractivity contribution in [1.82, 2.24) is 9.97 Å². The fourth-order valence-corrected chi connectivity index (χ4v) is 1.77. The number of aromatic nitrogens is 2. The van der Waals surface area contributed by atoms with Crippen molar-refractivity contribution >= 4 is 22.6 Å². The number of benzene rings is 1. The van der Waals surface area contributed by atoms with Gasteiger partial charge in [0.1, 0.15) is 17.2 Å². The molecule has 5 heteroatoms. The molecule has 1 aromatic carbocycles. The lowest BCUT2D eigenvalue weighted by molar-refractivity contribution is 0.567. The van der Waals surface area contributed by atoms with Gasteiger partial charge in [-0.05, 0) is 12.1 Å². The molecule has 0 N–H and O–H groups in total. The first-order chi connectivity index (χ1) is 8.24. The lowest BCUT2D eigenvalue weighted by atomic mass is 10.2. The van der Waals surface area contributed by atoms with E-state index in [4.69, 9.17) is 16.0 Å². The van der Waals surface area contributed by atoms with Crippen LogP contribution >= 0.6 is 11.6 Å². The molecule has 3 rings (SSSR count). The fourth-order valence-electron chi connectivity index (χ4n) is 1.62. The van der Waals surface area contributed by atoms with E-state index >= 15 is 0 Å². The average Bonchev–Trinajstić information content (AvgIpc) is 2.74. The summed E-state index contributed by atoms with van der Waals surface area (Å²) in [7, 11) is 0. The molecule has 3 aromatic rings. The highest BCUT2D eigenvalue weighted by Gasteiger charge is 2.10. The van der Waals surface area contributed by atoms with Crippen molar-refractivity contribution in [3.8, 4) is 11.5 Å². The summed E-state index contributed by atoms with van der Waals surface area (Å²) >= 11 is 5.76. The number of fused-ring (bicyclic) bond motifs is 1. The molecule has 3 nitrogen and oxygen atoms in total. The quantitative estimate of drug-likeness (QED) is 0.617. The first-order valence-corrected chi connectivity index (χ1v) is 5.28. The molecule has 84 valence electrons. The molecule has 0 fully saturated rings. The van der Waals surface area contributed by atoms with Crippen LogP contribution in [0, 0.1) is 5.82 Å². The zero-order valence-electron chi connectivity index (χ0n) is 8.52. The number of hydrogen-bond donors (Lipinski definition) is 0. The zero-order valence-corrected chi connectivity index (χ0v) is 9.28. The van der Waals surface area contributed by atoms with Crippen LogP contribution in [-0.2, 0) is 0 Å². The van der Waals surface area contributed by atoms with Crippen LogP contribution in [0.15, 0.2) is 41.1 Å². The number of hydrogen-bond acceptors (Lipinski definition) is 3. The SMILES string of the molecule is Fc1cccc2cc(-c3cc(Cl)ncn3)oc12. The summed E-state index contributed by atoms with van der Waals surface area (Å²) in [6.45, 7) is 0. The van der Waals surface area contributed by atoms with Crippen molar-refractivity contribution in [2.75, 3.05) is 0 Å². The Morgan fingerprint density at radius 1 is 1.18 bits per heavy atom. The summed E-state index contributed by atoms with van der Waals surface area (Å²) in [5, 5.41) is 1.01. The number of rotatable bonds is 1. The van der Waals surface area contributed by atoms with Gasteiger partial charge in [-0.15, -0.1) is 0 Å². The van der Waals surface area contributed by atoms with Gasteiger partial charge in [0.05, 0.1) is 0 Å². The Hall–Kier alpha value is -1.94.